The first-order valence-electron chi connectivity index (χ1n) is 4.66. The predicted octanol–water partition coefficient (Wildman–Crippen LogP) is 1.39. The lowest BCUT2D eigenvalue weighted by atomic mass is 10.4. The first-order chi connectivity index (χ1) is 7.54. The topological polar surface area (TPSA) is 61.2 Å². The fourth-order valence-electron chi connectivity index (χ4n) is 0.867. The number of carbonyl (C=O) groups is 1. The summed E-state index contributed by atoms with van der Waals surface area (Å²) < 4.78 is 6.55. The zero-order valence-electron chi connectivity index (χ0n) is 9.10. The van der Waals surface area contributed by atoms with E-state index in [1.165, 1.54) is 6.07 Å². The van der Waals surface area contributed by atoms with Gasteiger partial charge in [0.15, 0.2) is 0 Å². The molecule has 0 N–H and O–H groups in total. The van der Waals surface area contributed by atoms with E-state index in [0.717, 1.165) is 12.0 Å². The largest absolute Gasteiger partial charge is 0.379 e. The van der Waals surface area contributed by atoms with Crippen LogP contribution in [0.4, 0.5) is 0 Å². The highest BCUT2D eigenvalue weighted by Crippen LogP contribution is 2.16. The molecule has 16 heavy (non-hydrogen) atoms. The zero-order chi connectivity index (χ0) is 12.1. The summed E-state index contributed by atoms with van der Waals surface area (Å²) in [4.78, 5) is 25.9. The molecule has 0 bridgehead atoms. The standard InChI is InChI=1S/C10H12N2O3S/c1-4-12-6-5-8(13)11-10(12)16-15-9(14)7(2)3/h5-6H,2,4H2,1,3H3. The van der Waals surface area contributed by atoms with E-state index in [1.54, 1.807) is 17.7 Å². The van der Waals surface area contributed by atoms with Gasteiger partial charge in [-0.05, 0) is 13.8 Å². The average molecular weight is 240 g/mol. The summed E-state index contributed by atoms with van der Waals surface area (Å²) in [5.74, 6) is -0.522. The third-order valence-corrected chi connectivity index (χ3v) is 2.44. The van der Waals surface area contributed by atoms with E-state index in [0.29, 0.717) is 17.3 Å². The predicted molar refractivity (Wildman–Crippen MR) is 60.9 cm³/mol. The molecule has 0 fully saturated rings. The Morgan fingerprint density at radius 2 is 2.38 bits per heavy atom. The lowest BCUT2D eigenvalue weighted by Gasteiger charge is -2.07. The number of hydrogen-bond donors (Lipinski definition) is 0. The monoisotopic (exact) mass is 240 g/mol. The van der Waals surface area contributed by atoms with Crippen LogP contribution in [0.2, 0.25) is 0 Å². The molecule has 0 aromatic carbocycles. The molecule has 5 nitrogen and oxygen atoms in total. The van der Waals surface area contributed by atoms with Crippen molar-refractivity contribution in [1.82, 2.24) is 9.55 Å². The van der Waals surface area contributed by atoms with Crippen molar-refractivity contribution in [2.24, 2.45) is 0 Å². The van der Waals surface area contributed by atoms with Crippen LogP contribution in [0.3, 0.4) is 0 Å². The molecular formula is C10H12N2O3S. The molecule has 0 aliphatic heterocycles. The van der Waals surface area contributed by atoms with E-state index in [2.05, 4.69) is 11.6 Å². The summed E-state index contributed by atoms with van der Waals surface area (Å²) in [5.41, 5.74) is -0.0626. The van der Waals surface area contributed by atoms with Crippen LogP contribution >= 0.6 is 12.0 Å². The maximum absolute atomic E-state index is 11.1. The maximum Gasteiger partial charge on any atom is 0.345 e. The Hall–Kier alpha value is -1.56. The van der Waals surface area contributed by atoms with Gasteiger partial charge >= 0.3 is 5.97 Å². The summed E-state index contributed by atoms with van der Waals surface area (Å²) in [6, 6.07) is 1.36. The number of carbonyl (C=O) groups excluding carboxylic acids is 1. The van der Waals surface area contributed by atoms with Crippen molar-refractivity contribution in [2.75, 3.05) is 0 Å². The zero-order valence-corrected chi connectivity index (χ0v) is 9.91. The minimum atomic E-state index is -0.522. The number of aromatic nitrogens is 2. The van der Waals surface area contributed by atoms with Crippen LogP contribution in [-0.2, 0) is 15.5 Å². The van der Waals surface area contributed by atoms with Crippen molar-refractivity contribution in [2.45, 2.75) is 25.5 Å². The van der Waals surface area contributed by atoms with Gasteiger partial charge in [0, 0.05) is 24.4 Å². The van der Waals surface area contributed by atoms with Crippen molar-refractivity contribution in [1.29, 1.82) is 0 Å². The van der Waals surface area contributed by atoms with Crippen LogP contribution in [0.5, 0.6) is 0 Å². The summed E-state index contributed by atoms with van der Waals surface area (Å²) in [6.45, 7) is 7.54. The molecule has 6 heteroatoms. The van der Waals surface area contributed by atoms with Crippen LogP contribution in [0.15, 0.2) is 34.4 Å². The highest BCUT2D eigenvalue weighted by Gasteiger charge is 2.09. The molecule has 0 unspecified atom stereocenters. The first kappa shape index (κ1) is 12.5. The van der Waals surface area contributed by atoms with Crippen LogP contribution < -0.4 is 5.56 Å². The Kier molecular flexibility index (Phi) is 4.30. The van der Waals surface area contributed by atoms with E-state index >= 15 is 0 Å². The molecule has 1 aromatic rings. The fraction of sp³-hybridized carbons (Fsp3) is 0.300. The number of rotatable bonds is 4. The van der Waals surface area contributed by atoms with Crippen molar-refractivity contribution in [3.63, 3.8) is 0 Å². The second-order valence-electron chi connectivity index (χ2n) is 3.07. The van der Waals surface area contributed by atoms with Gasteiger partial charge in [-0.15, -0.1) is 0 Å². The minimum absolute atomic E-state index is 0.300. The Bertz CT molecular complexity index is 467. The van der Waals surface area contributed by atoms with Gasteiger partial charge in [-0.1, -0.05) is 6.58 Å². The molecular weight excluding hydrogens is 228 g/mol. The van der Waals surface area contributed by atoms with Crippen molar-refractivity contribution >= 4 is 18.0 Å². The Labute approximate surface area is 97.3 Å². The van der Waals surface area contributed by atoms with Crippen molar-refractivity contribution in [3.8, 4) is 0 Å². The number of hydrogen-bond acceptors (Lipinski definition) is 5. The molecule has 1 aromatic heterocycles. The van der Waals surface area contributed by atoms with Crippen molar-refractivity contribution < 1.29 is 8.98 Å². The quantitative estimate of drug-likeness (QED) is 0.452. The average Bonchev–Trinajstić information content (AvgIpc) is 2.25. The smallest absolute Gasteiger partial charge is 0.345 e. The van der Waals surface area contributed by atoms with Gasteiger partial charge in [0.05, 0.1) is 0 Å². The van der Waals surface area contributed by atoms with E-state index in [4.69, 9.17) is 4.18 Å². The molecule has 0 radical (unpaired) electrons. The number of aryl methyl sites for hydroxylation is 1. The molecule has 1 rings (SSSR count). The van der Waals surface area contributed by atoms with E-state index in [1.807, 2.05) is 6.92 Å². The molecule has 0 saturated heterocycles. The molecule has 0 amide bonds. The molecule has 0 aliphatic carbocycles. The van der Waals surface area contributed by atoms with Crippen molar-refractivity contribution in [3.05, 3.63) is 34.8 Å². The fourth-order valence-corrected chi connectivity index (χ4v) is 1.57. The van der Waals surface area contributed by atoms with E-state index in [-0.39, 0.29) is 5.56 Å². The van der Waals surface area contributed by atoms with Gasteiger partial charge in [-0.3, -0.25) is 4.79 Å². The third kappa shape index (κ3) is 3.23. The molecule has 0 spiro atoms. The molecule has 0 saturated carbocycles. The summed E-state index contributed by atoms with van der Waals surface area (Å²) >= 11 is 0.764. The maximum atomic E-state index is 11.1. The van der Waals surface area contributed by atoms with Crippen LogP contribution in [-0.4, -0.2) is 15.5 Å². The second kappa shape index (κ2) is 5.50. The molecule has 0 aliphatic rings. The van der Waals surface area contributed by atoms with Gasteiger partial charge in [0.2, 0.25) is 5.16 Å². The SMILES string of the molecule is C=C(C)C(=O)OSc1nc(=O)ccn1CC. The Balaban J connectivity index is 2.80. The second-order valence-corrected chi connectivity index (χ2v) is 3.77. The number of nitrogens with zero attached hydrogens (tertiary/aromatic N) is 2. The van der Waals surface area contributed by atoms with Gasteiger partial charge in [0.25, 0.3) is 5.56 Å². The first-order valence-corrected chi connectivity index (χ1v) is 5.40. The summed E-state index contributed by atoms with van der Waals surface area (Å²) in [7, 11) is 0. The van der Waals surface area contributed by atoms with Gasteiger partial charge in [-0.2, -0.15) is 4.98 Å². The summed E-state index contributed by atoms with van der Waals surface area (Å²) in [5, 5.41) is 0.351. The van der Waals surface area contributed by atoms with Gasteiger partial charge in [-0.25, -0.2) is 4.79 Å². The lowest BCUT2D eigenvalue weighted by Crippen LogP contribution is -2.13. The van der Waals surface area contributed by atoms with Crippen LogP contribution in [0.1, 0.15) is 13.8 Å². The van der Waals surface area contributed by atoms with E-state index in [9.17, 15) is 9.59 Å². The van der Waals surface area contributed by atoms with Gasteiger partial charge < -0.3 is 8.75 Å². The third-order valence-electron chi connectivity index (χ3n) is 1.73. The molecule has 1 heterocycles. The molecule has 0 atom stereocenters. The van der Waals surface area contributed by atoms with E-state index < -0.39 is 5.97 Å². The normalized spacial score (nSPS) is 9.88. The Morgan fingerprint density at radius 3 is 2.94 bits per heavy atom. The van der Waals surface area contributed by atoms with Crippen LogP contribution in [0, 0.1) is 0 Å². The molecule has 86 valence electrons. The Morgan fingerprint density at radius 1 is 1.69 bits per heavy atom. The highest BCUT2D eigenvalue weighted by atomic mass is 32.2. The van der Waals surface area contributed by atoms with Crippen LogP contribution in [0.25, 0.3) is 0 Å². The lowest BCUT2D eigenvalue weighted by molar-refractivity contribution is -0.128. The summed E-state index contributed by atoms with van der Waals surface area (Å²) in [6.07, 6.45) is 1.60. The highest BCUT2D eigenvalue weighted by molar-refractivity contribution is 7.94. The minimum Gasteiger partial charge on any atom is -0.379 e. The van der Waals surface area contributed by atoms with Gasteiger partial charge in [0.1, 0.15) is 12.0 Å².